The van der Waals surface area contributed by atoms with E-state index in [2.05, 4.69) is 15.8 Å². The normalized spacial score (nSPS) is 9.63. The minimum Gasteiger partial charge on any atom is -0.316 e. The zero-order valence-corrected chi connectivity index (χ0v) is 11.6. The molecule has 0 radical (unpaired) electrons. The average Bonchev–Trinajstić information content (AvgIpc) is 2.42. The van der Waals surface area contributed by atoms with Crippen LogP contribution in [-0.4, -0.2) is 17.5 Å². The number of hydrogen-bond acceptors (Lipinski definition) is 3. The van der Waals surface area contributed by atoms with Crippen LogP contribution in [0, 0.1) is 0 Å². The van der Waals surface area contributed by atoms with E-state index in [4.69, 9.17) is 11.6 Å². The number of rotatable bonds is 4. The molecule has 2 amide bonds. The molecule has 0 aliphatic rings. The molecule has 0 saturated heterocycles. The third-order valence-electron chi connectivity index (χ3n) is 2.46. The number of para-hydroxylation sites is 1. The Bertz CT molecular complexity index is 494. The molecule has 1 rings (SSSR count). The highest BCUT2D eigenvalue weighted by Crippen LogP contribution is 2.20. The molecular formula is C13H16ClN3O2. The van der Waals surface area contributed by atoms with E-state index < -0.39 is 11.8 Å². The van der Waals surface area contributed by atoms with Crippen LogP contribution in [0.2, 0.25) is 5.02 Å². The maximum atomic E-state index is 11.6. The van der Waals surface area contributed by atoms with Crippen LogP contribution in [0.15, 0.2) is 29.4 Å². The summed E-state index contributed by atoms with van der Waals surface area (Å²) in [5, 5.41) is 6.66. The van der Waals surface area contributed by atoms with Crippen LogP contribution in [0.1, 0.15) is 26.7 Å². The summed E-state index contributed by atoms with van der Waals surface area (Å²) in [6, 6.07) is 6.68. The van der Waals surface area contributed by atoms with E-state index in [1.165, 1.54) is 0 Å². The molecule has 0 fully saturated rings. The molecule has 0 spiro atoms. The third kappa shape index (κ3) is 4.71. The summed E-state index contributed by atoms with van der Waals surface area (Å²) in [6.45, 7) is 3.86. The monoisotopic (exact) mass is 281 g/mol. The number of hydrazone groups is 1. The van der Waals surface area contributed by atoms with Gasteiger partial charge in [0.15, 0.2) is 0 Å². The highest BCUT2D eigenvalue weighted by molar-refractivity contribution is 6.41. The summed E-state index contributed by atoms with van der Waals surface area (Å²) in [5.74, 6) is -1.62. The molecule has 0 heterocycles. The fourth-order valence-electron chi connectivity index (χ4n) is 1.33. The van der Waals surface area contributed by atoms with Gasteiger partial charge in [-0.3, -0.25) is 9.59 Å². The number of benzene rings is 1. The molecule has 0 aliphatic heterocycles. The number of carbonyl (C=O) groups is 2. The molecule has 0 aromatic heterocycles. The van der Waals surface area contributed by atoms with Gasteiger partial charge in [-0.15, -0.1) is 0 Å². The van der Waals surface area contributed by atoms with Crippen molar-refractivity contribution in [3.63, 3.8) is 0 Å². The summed E-state index contributed by atoms with van der Waals surface area (Å²) in [7, 11) is 0. The summed E-state index contributed by atoms with van der Waals surface area (Å²) in [6.07, 6.45) is 1.45. The maximum absolute atomic E-state index is 11.6. The van der Waals surface area contributed by atoms with Crippen LogP contribution in [-0.2, 0) is 9.59 Å². The number of hydrogen-bond donors (Lipinski definition) is 2. The first-order chi connectivity index (χ1) is 9.08. The first-order valence-electron chi connectivity index (χ1n) is 5.99. The van der Waals surface area contributed by atoms with Gasteiger partial charge >= 0.3 is 11.8 Å². The van der Waals surface area contributed by atoms with Gasteiger partial charge in [0.2, 0.25) is 0 Å². The van der Waals surface area contributed by atoms with E-state index >= 15 is 0 Å². The quantitative estimate of drug-likeness (QED) is 0.506. The molecule has 0 atom stereocenters. The highest BCUT2D eigenvalue weighted by atomic mass is 35.5. The highest BCUT2D eigenvalue weighted by Gasteiger charge is 2.14. The van der Waals surface area contributed by atoms with Crippen molar-refractivity contribution in [3.05, 3.63) is 29.3 Å². The summed E-state index contributed by atoms with van der Waals surface area (Å²) in [4.78, 5) is 23.1. The first-order valence-corrected chi connectivity index (χ1v) is 6.37. The number of carbonyl (C=O) groups excluding carboxylic acids is 2. The molecule has 0 bridgehead atoms. The molecule has 0 saturated carbocycles. The van der Waals surface area contributed by atoms with Crippen molar-refractivity contribution in [3.8, 4) is 0 Å². The number of amides is 2. The van der Waals surface area contributed by atoms with Gasteiger partial charge in [0.25, 0.3) is 0 Å². The molecule has 0 unspecified atom stereocenters. The van der Waals surface area contributed by atoms with Crippen LogP contribution in [0.25, 0.3) is 0 Å². The van der Waals surface area contributed by atoms with Crippen LogP contribution >= 0.6 is 11.6 Å². The number of halogens is 1. The Morgan fingerprint density at radius 1 is 1.16 bits per heavy atom. The molecule has 5 nitrogen and oxygen atoms in total. The van der Waals surface area contributed by atoms with Crippen molar-refractivity contribution in [2.24, 2.45) is 5.10 Å². The van der Waals surface area contributed by atoms with Crippen LogP contribution < -0.4 is 10.7 Å². The molecule has 19 heavy (non-hydrogen) atoms. The number of nitrogens with one attached hydrogen (secondary N) is 2. The number of anilines is 1. The molecule has 6 heteroatoms. The second-order valence-electron chi connectivity index (χ2n) is 3.76. The Labute approximate surface area is 117 Å². The Balaban J connectivity index is 2.62. The van der Waals surface area contributed by atoms with Gasteiger partial charge in [0.1, 0.15) is 0 Å². The maximum Gasteiger partial charge on any atom is 0.329 e. The number of nitrogens with zero attached hydrogens (tertiary/aromatic N) is 1. The Morgan fingerprint density at radius 2 is 1.79 bits per heavy atom. The lowest BCUT2D eigenvalue weighted by Crippen LogP contribution is -2.33. The Hall–Kier alpha value is -1.88. The van der Waals surface area contributed by atoms with Crippen LogP contribution in [0.3, 0.4) is 0 Å². The van der Waals surface area contributed by atoms with Gasteiger partial charge in [0, 0.05) is 5.71 Å². The summed E-state index contributed by atoms with van der Waals surface area (Å²) >= 11 is 5.87. The van der Waals surface area contributed by atoms with Gasteiger partial charge in [0.05, 0.1) is 10.7 Å². The molecule has 0 aliphatic carbocycles. The van der Waals surface area contributed by atoms with Crippen molar-refractivity contribution in [1.29, 1.82) is 0 Å². The Morgan fingerprint density at radius 3 is 2.37 bits per heavy atom. The Kier molecular flexibility index (Phi) is 6.02. The summed E-state index contributed by atoms with van der Waals surface area (Å²) < 4.78 is 0. The zero-order valence-electron chi connectivity index (χ0n) is 10.9. The van der Waals surface area contributed by atoms with E-state index in [-0.39, 0.29) is 0 Å². The van der Waals surface area contributed by atoms with Gasteiger partial charge in [-0.2, -0.15) is 5.10 Å². The second kappa shape index (κ2) is 7.53. The standard InChI is InChI=1S/C13H16ClN3O2/c1-3-9(4-2)16-17-13(19)12(18)15-11-8-6-5-7-10(11)14/h5-8H,3-4H2,1-2H3,(H,15,18)(H,17,19). The fourth-order valence-corrected chi connectivity index (χ4v) is 1.51. The molecular weight excluding hydrogens is 266 g/mol. The van der Waals surface area contributed by atoms with E-state index in [1.54, 1.807) is 24.3 Å². The molecule has 1 aromatic carbocycles. The van der Waals surface area contributed by atoms with Gasteiger partial charge in [-0.1, -0.05) is 37.6 Å². The van der Waals surface area contributed by atoms with Crippen molar-refractivity contribution in [1.82, 2.24) is 5.43 Å². The fraction of sp³-hybridized carbons (Fsp3) is 0.308. The van der Waals surface area contributed by atoms with E-state index in [0.29, 0.717) is 10.7 Å². The minimum absolute atomic E-state index is 0.370. The van der Waals surface area contributed by atoms with Crippen molar-refractivity contribution >= 4 is 34.8 Å². The topological polar surface area (TPSA) is 70.6 Å². The zero-order chi connectivity index (χ0) is 14.3. The van der Waals surface area contributed by atoms with Gasteiger partial charge in [-0.05, 0) is 25.0 Å². The second-order valence-corrected chi connectivity index (χ2v) is 4.17. The SMILES string of the molecule is CCC(CC)=NNC(=O)C(=O)Nc1ccccc1Cl. The molecule has 1 aromatic rings. The average molecular weight is 282 g/mol. The van der Waals surface area contributed by atoms with E-state index in [0.717, 1.165) is 18.6 Å². The smallest absolute Gasteiger partial charge is 0.316 e. The van der Waals surface area contributed by atoms with Crippen molar-refractivity contribution in [2.45, 2.75) is 26.7 Å². The summed E-state index contributed by atoms with van der Waals surface area (Å²) in [5.41, 5.74) is 3.42. The molecule has 2 N–H and O–H groups in total. The lowest BCUT2D eigenvalue weighted by Gasteiger charge is -2.06. The van der Waals surface area contributed by atoms with E-state index in [1.807, 2.05) is 13.8 Å². The van der Waals surface area contributed by atoms with Crippen LogP contribution in [0.4, 0.5) is 5.69 Å². The lowest BCUT2D eigenvalue weighted by molar-refractivity contribution is -0.136. The third-order valence-corrected chi connectivity index (χ3v) is 2.79. The van der Waals surface area contributed by atoms with Gasteiger partial charge < -0.3 is 5.32 Å². The van der Waals surface area contributed by atoms with Gasteiger partial charge in [-0.25, -0.2) is 5.43 Å². The molecule has 102 valence electrons. The first kappa shape index (κ1) is 15.2. The largest absolute Gasteiger partial charge is 0.329 e. The predicted molar refractivity (Wildman–Crippen MR) is 76.2 cm³/mol. The van der Waals surface area contributed by atoms with Crippen molar-refractivity contribution in [2.75, 3.05) is 5.32 Å². The van der Waals surface area contributed by atoms with Crippen molar-refractivity contribution < 1.29 is 9.59 Å². The van der Waals surface area contributed by atoms with E-state index in [9.17, 15) is 9.59 Å². The minimum atomic E-state index is -0.820. The predicted octanol–water partition coefficient (Wildman–Crippen LogP) is 2.57. The van der Waals surface area contributed by atoms with Crippen LogP contribution in [0.5, 0.6) is 0 Å². The lowest BCUT2D eigenvalue weighted by atomic mass is 10.2.